The van der Waals surface area contributed by atoms with E-state index in [1.165, 1.54) is 38.5 Å². The van der Waals surface area contributed by atoms with Crippen LogP contribution < -0.4 is 5.32 Å². The Balaban J connectivity index is 2.28. The molecule has 0 spiro atoms. The molecular weight excluding hydrogens is 184 g/mol. The molecule has 0 heterocycles. The number of nitrogens with one attached hydrogen (secondary N) is 1. The van der Waals surface area contributed by atoms with Crippen LogP contribution >= 0.6 is 0 Å². The molecule has 15 heavy (non-hydrogen) atoms. The fourth-order valence-electron chi connectivity index (χ4n) is 2.63. The van der Waals surface area contributed by atoms with Gasteiger partial charge in [0.15, 0.2) is 0 Å². The summed E-state index contributed by atoms with van der Waals surface area (Å²) in [6.45, 7) is 6.87. The summed E-state index contributed by atoms with van der Waals surface area (Å²) < 4.78 is 0. The number of hydrogen-bond acceptors (Lipinski definition) is 2. The highest BCUT2D eigenvalue weighted by Crippen LogP contribution is 2.24. The van der Waals surface area contributed by atoms with Crippen molar-refractivity contribution in [2.24, 2.45) is 0 Å². The molecule has 0 bridgehead atoms. The van der Waals surface area contributed by atoms with Gasteiger partial charge in [-0.25, -0.2) is 0 Å². The van der Waals surface area contributed by atoms with Gasteiger partial charge in [-0.15, -0.1) is 0 Å². The number of likely N-dealkylation sites (N-methyl/N-ethyl adjacent to an activating group) is 1. The van der Waals surface area contributed by atoms with Crippen LogP contribution in [0.1, 0.15) is 52.4 Å². The minimum Gasteiger partial charge on any atom is -0.315 e. The first kappa shape index (κ1) is 13.0. The molecule has 1 saturated carbocycles. The van der Waals surface area contributed by atoms with Crippen molar-refractivity contribution in [2.45, 2.75) is 64.5 Å². The van der Waals surface area contributed by atoms with Gasteiger partial charge in [-0.3, -0.25) is 4.90 Å². The molecule has 1 aliphatic rings. The van der Waals surface area contributed by atoms with E-state index < -0.39 is 0 Å². The molecule has 2 nitrogen and oxygen atoms in total. The van der Waals surface area contributed by atoms with Gasteiger partial charge in [0.05, 0.1) is 0 Å². The van der Waals surface area contributed by atoms with Crippen molar-refractivity contribution >= 4 is 0 Å². The fourth-order valence-corrected chi connectivity index (χ4v) is 2.63. The third-order valence-electron chi connectivity index (χ3n) is 3.75. The normalized spacial score (nSPS) is 20.0. The molecule has 1 atom stereocenters. The zero-order valence-corrected chi connectivity index (χ0v) is 10.8. The molecule has 0 saturated heterocycles. The quantitative estimate of drug-likeness (QED) is 0.653. The first-order chi connectivity index (χ1) is 7.29. The van der Waals surface area contributed by atoms with Gasteiger partial charge < -0.3 is 5.32 Å². The van der Waals surface area contributed by atoms with Crippen LogP contribution in [-0.4, -0.2) is 37.1 Å². The van der Waals surface area contributed by atoms with Gasteiger partial charge in [0.25, 0.3) is 0 Å². The Morgan fingerprint density at radius 2 is 1.93 bits per heavy atom. The minimum atomic E-state index is 0.736. The summed E-state index contributed by atoms with van der Waals surface area (Å²) >= 11 is 0. The predicted octanol–water partition coefficient (Wildman–Crippen LogP) is 2.64. The van der Waals surface area contributed by atoms with Crippen molar-refractivity contribution in [2.75, 3.05) is 20.1 Å². The third kappa shape index (κ3) is 4.12. The van der Waals surface area contributed by atoms with E-state index in [1.54, 1.807) is 0 Å². The van der Waals surface area contributed by atoms with Crippen LogP contribution in [0.5, 0.6) is 0 Å². The van der Waals surface area contributed by atoms with Crippen molar-refractivity contribution in [3.05, 3.63) is 0 Å². The summed E-state index contributed by atoms with van der Waals surface area (Å²) in [6, 6.07) is 1.60. The van der Waals surface area contributed by atoms with Crippen LogP contribution in [-0.2, 0) is 0 Å². The Kier molecular flexibility index (Phi) is 6.26. The standard InChI is InChI=1S/C13H28N2/c1-4-10-14-11-12(5-2)15(3)13-8-6-7-9-13/h12-14H,4-11H2,1-3H3. The van der Waals surface area contributed by atoms with Crippen molar-refractivity contribution in [1.82, 2.24) is 10.2 Å². The maximum Gasteiger partial charge on any atom is 0.0217 e. The lowest BCUT2D eigenvalue weighted by Crippen LogP contribution is -2.44. The van der Waals surface area contributed by atoms with Crippen LogP contribution in [0.15, 0.2) is 0 Å². The van der Waals surface area contributed by atoms with E-state index in [2.05, 4.69) is 31.1 Å². The van der Waals surface area contributed by atoms with E-state index in [0.29, 0.717) is 0 Å². The van der Waals surface area contributed by atoms with Gasteiger partial charge in [-0.1, -0.05) is 26.7 Å². The number of hydrogen-bond donors (Lipinski definition) is 1. The predicted molar refractivity (Wildman–Crippen MR) is 67.3 cm³/mol. The highest BCUT2D eigenvalue weighted by Gasteiger charge is 2.24. The molecule has 90 valence electrons. The lowest BCUT2D eigenvalue weighted by atomic mass is 10.1. The van der Waals surface area contributed by atoms with Gasteiger partial charge in [0.2, 0.25) is 0 Å². The van der Waals surface area contributed by atoms with E-state index >= 15 is 0 Å². The van der Waals surface area contributed by atoms with Gasteiger partial charge in [-0.2, -0.15) is 0 Å². The van der Waals surface area contributed by atoms with Crippen molar-refractivity contribution < 1.29 is 0 Å². The largest absolute Gasteiger partial charge is 0.315 e. The maximum atomic E-state index is 3.55. The Labute approximate surface area is 95.4 Å². The molecule has 1 aliphatic carbocycles. The third-order valence-corrected chi connectivity index (χ3v) is 3.75. The lowest BCUT2D eigenvalue weighted by molar-refractivity contribution is 0.167. The topological polar surface area (TPSA) is 15.3 Å². The molecule has 1 unspecified atom stereocenters. The molecule has 0 amide bonds. The summed E-state index contributed by atoms with van der Waals surface area (Å²) in [5, 5.41) is 3.55. The molecular formula is C13H28N2. The van der Waals surface area contributed by atoms with E-state index in [-0.39, 0.29) is 0 Å². The molecule has 1 fully saturated rings. The highest BCUT2D eigenvalue weighted by molar-refractivity contribution is 4.81. The molecule has 0 aliphatic heterocycles. The average molecular weight is 212 g/mol. The van der Waals surface area contributed by atoms with E-state index in [9.17, 15) is 0 Å². The second-order valence-electron chi connectivity index (χ2n) is 4.87. The SMILES string of the molecule is CCCNCC(CC)N(C)C1CCCC1. The maximum absolute atomic E-state index is 3.55. The van der Waals surface area contributed by atoms with Crippen molar-refractivity contribution in [1.29, 1.82) is 0 Å². The highest BCUT2D eigenvalue weighted by atomic mass is 15.2. The van der Waals surface area contributed by atoms with E-state index in [4.69, 9.17) is 0 Å². The molecule has 2 heteroatoms. The van der Waals surface area contributed by atoms with Crippen LogP contribution in [0, 0.1) is 0 Å². The fraction of sp³-hybridized carbons (Fsp3) is 1.00. The van der Waals surface area contributed by atoms with Gasteiger partial charge in [0.1, 0.15) is 0 Å². The minimum absolute atomic E-state index is 0.736. The summed E-state index contributed by atoms with van der Waals surface area (Å²) in [5.41, 5.74) is 0. The first-order valence-corrected chi connectivity index (χ1v) is 6.72. The second kappa shape index (κ2) is 7.24. The van der Waals surface area contributed by atoms with Gasteiger partial charge >= 0.3 is 0 Å². The van der Waals surface area contributed by atoms with Crippen molar-refractivity contribution in [3.63, 3.8) is 0 Å². The second-order valence-corrected chi connectivity index (χ2v) is 4.87. The monoisotopic (exact) mass is 212 g/mol. The lowest BCUT2D eigenvalue weighted by Gasteiger charge is -2.32. The van der Waals surface area contributed by atoms with Gasteiger partial charge in [0, 0.05) is 18.6 Å². The number of rotatable bonds is 7. The van der Waals surface area contributed by atoms with E-state index in [1.807, 2.05) is 0 Å². The summed E-state index contributed by atoms with van der Waals surface area (Å²) in [7, 11) is 2.32. The van der Waals surface area contributed by atoms with Crippen LogP contribution in [0.25, 0.3) is 0 Å². The zero-order chi connectivity index (χ0) is 11.1. The Morgan fingerprint density at radius 3 is 2.47 bits per heavy atom. The van der Waals surface area contributed by atoms with E-state index in [0.717, 1.165) is 25.2 Å². The summed E-state index contributed by atoms with van der Waals surface area (Å²) in [4.78, 5) is 2.62. The Bertz CT molecular complexity index is 153. The smallest absolute Gasteiger partial charge is 0.0217 e. The Hall–Kier alpha value is -0.0800. The Morgan fingerprint density at radius 1 is 1.27 bits per heavy atom. The molecule has 1 rings (SSSR count). The van der Waals surface area contributed by atoms with Crippen LogP contribution in [0.2, 0.25) is 0 Å². The molecule has 1 N–H and O–H groups in total. The first-order valence-electron chi connectivity index (χ1n) is 6.72. The number of nitrogens with zero attached hydrogens (tertiary/aromatic N) is 1. The average Bonchev–Trinajstić information content (AvgIpc) is 2.77. The molecule has 0 aromatic rings. The zero-order valence-electron chi connectivity index (χ0n) is 10.8. The molecule has 0 aromatic heterocycles. The summed E-state index contributed by atoms with van der Waals surface area (Å²) in [5.74, 6) is 0. The van der Waals surface area contributed by atoms with Crippen LogP contribution in [0.4, 0.5) is 0 Å². The van der Waals surface area contributed by atoms with Crippen LogP contribution in [0.3, 0.4) is 0 Å². The summed E-state index contributed by atoms with van der Waals surface area (Å²) in [6.07, 6.45) is 8.22. The molecule has 0 aromatic carbocycles. The molecule has 0 radical (unpaired) electrons. The van der Waals surface area contributed by atoms with Crippen molar-refractivity contribution in [3.8, 4) is 0 Å². The van der Waals surface area contributed by atoms with Gasteiger partial charge in [-0.05, 0) is 39.3 Å².